The number of hydrogen-bond donors (Lipinski definition) is 1. The van der Waals surface area contributed by atoms with Gasteiger partial charge < -0.3 is 9.84 Å². The summed E-state index contributed by atoms with van der Waals surface area (Å²) >= 11 is 0. The SMILES string of the molecule is CC#COc1ccc(-c2nc(-c3ccccc3)nc(-c3ccccc3O)n2)cc1. The minimum atomic E-state index is 0.116. The molecule has 0 fully saturated rings. The molecule has 0 spiro atoms. The number of para-hydroxylation sites is 1. The van der Waals surface area contributed by atoms with Crippen LogP contribution in [0.25, 0.3) is 34.2 Å². The highest BCUT2D eigenvalue weighted by atomic mass is 16.5. The zero-order valence-electron chi connectivity index (χ0n) is 15.7. The van der Waals surface area contributed by atoms with Crippen LogP contribution in [0, 0.1) is 12.0 Å². The zero-order chi connectivity index (χ0) is 20.1. The van der Waals surface area contributed by atoms with Crippen LogP contribution < -0.4 is 4.74 Å². The summed E-state index contributed by atoms with van der Waals surface area (Å²) in [5.74, 6) is 4.89. The number of nitrogens with zero attached hydrogens (tertiary/aromatic N) is 3. The second-order valence-corrected chi connectivity index (χ2v) is 6.17. The molecular weight excluding hydrogens is 362 g/mol. The van der Waals surface area contributed by atoms with Crippen molar-refractivity contribution in [3.8, 4) is 57.7 Å². The van der Waals surface area contributed by atoms with Gasteiger partial charge in [-0.15, -0.1) is 0 Å². The van der Waals surface area contributed by atoms with Crippen LogP contribution >= 0.6 is 0 Å². The Kier molecular flexibility index (Phi) is 5.17. The lowest BCUT2D eigenvalue weighted by molar-refractivity contribution is 0.477. The van der Waals surface area contributed by atoms with Crippen LogP contribution in [0.5, 0.6) is 11.5 Å². The van der Waals surface area contributed by atoms with Gasteiger partial charge in [0, 0.05) is 18.1 Å². The lowest BCUT2D eigenvalue weighted by Gasteiger charge is -2.09. The van der Waals surface area contributed by atoms with Crippen molar-refractivity contribution in [3.05, 3.63) is 78.9 Å². The normalized spacial score (nSPS) is 10.1. The molecule has 0 atom stereocenters. The summed E-state index contributed by atoms with van der Waals surface area (Å²) in [6.07, 6.45) is 2.57. The molecule has 140 valence electrons. The van der Waals surface area contributed by atoms with Crippen molar-refractivity contribution in [2.45, 2.75) is 6.92 Å². The average Bonchev–Trinajstić information content (AvgIpc) is 2.78. The second-order valence-electron chi connectivity index (χ2n) is 6.17. The molecule has 0 unspecified atom stereocenters. The maximum absolute atomic E-state index is 10.3. The van der Waals surface area contributed by atoms with Crippen LogP contribution in [0.2, 0.25) is 0 Å². The molecular formula is C24H17N3O2. The third kappa shape index (κ3) is 4.07. The maximum atomic E-state index is 10.3. The number of ether oxygens (including phenoxy) is 1. The lowest BCUT2D eigenvalue weighted by Crippen LogP contribution is -2.00. The number of hydrogen-bond acceptors (Lipinski definition) is 5. The van der Waals surface area contributed by atoms with E-state index in [9.17, 15) is 5.11 Å². The van der Waals surface area contributed by atoms with Crippen molar-refractivity contribution in [3.63, 3.8) is 0 Å². The van der Waals surface area contributed by atoms with Gasteiger partial charge in [0.25, 0.3) is 0 Å². The Balaban J connectivity index is 1.83. The van der Waals surface area contributed by atoms with E-state index in [1.165, 1.54) is 0 Å². The predicted molar refractivity (Wildman–Crippen MR) is 112 cm³/mol. The van der Waals surface area contributed by atoms with Gasteiger partial charge in [-0.3, -0.25) is 0 Å². The molecule has 1 heterocycles. The van der Waals surface area contributed by atoms with E-state index >= 15 is 0 Å². The summed E-state index contributed by atoms with van der Waals surface area (Å²) in [4.78, 5) is 13.8. The van der Waals surface area contributed by atoms with Crippen LogP contribution in [0.3, 0.4) is 0 Å². The first kappa shape index (κ1) is 18.2. The highest BCUT2D eigenvalue weighted by molar-refractivity contribution is 5.69. The third-order valence-electron chi connectivity index (χ3n) is 4.20. The lowest BCUT2D eigenvalue weighted by atomic mass is 10.1. The van der Waals surface area contributed by atoms with Crippen LogP contribution in [0.4, 0.5) is 0 Å². The number of rotatable bonds is 4. The van der Waals surface area contributed by atoms with E-state index in [2.05, 4.69) is 27.0 Å². The second kappa shape index (κ2) is 8.24. The van der Waals surface area contributed by atoms with Gasteiger partial charge in [-0.25, -0.2) is 15.0 Å². The zero-order valence-corrected chi connectivity index (χ0v) is 15.7. The van der Waals surface area contributed by atoms with Crippen LogP contribution in [-0.2, 0) is 0 Å². The summed E-state index contributed by atoms with van der Waals surface area (Å²) < 4.78 is 5.30. The number of phenols is 1. The number of aromatic hydroxyl groups is 1. The molecule has 0 amide bonds. The average molecular weight is 379 g/mol. The van der Waals surface area contributed by atoms with Gasteiger partial charge in [0.15, 0.2) is 17.5 Å². The molecule has 0 bridgehead atoms. The first-order chi connectivity index (χ1) is 14.2. The van der Waals surface area contributed by atoms with E-state index in [0.717, 1.165) is 11.1 Å². The highest BCUT2D eigenvalue weighted by Gasteiger charge is 2.14. The Morgan fingerprint density at radius 3 is 1.93 bits per heavy atom. The molecule has 3 aromatic carbocycles. The van der Waals surface area contributed by atoms with Gasteiger partial charge in [-0.1, -0.05) is 48.4 Å². The van der Waals surface area contributed by atoms with Crippen LogP contribution in [0.1, 0.15) is 6.92 Å². The summed E-state index contributed by atoms with van der Waals surface area (Å²) in [6.45, 7) is 1.71. The molecule has 1 N–H and O–H groups in total. The Bertz CT molecular complexity index is 1190. The van der Waals surface area contributed by atoms with Gasteiger partial charge in [-0.05, 0) is 36.4 Å². The van der Waals surface area contributed by atoms with Crippen molar-refractivity contribution < 1.29 is 9.84 Å². The van der Waals surface area contributed by atoms with Crippen molar-refractivity contribution in [2.75, 3.05) is 0 Å². The monoisotopic (exact) mass is 379 g/mol. The van der Waals surface area contributed by atoms with Crippen molar-refractivity contribution in [1.29, 1.82) is 0 Å². The number of phenolic OH excluding ortho intramolecular Hbond substituents is 1. The predicted octanol–water partition coefficient (Wildman–Crippen LogP) is 4.94. The maximum Gasteiger partial charge on any atom is 0.167 e. The van der Waals surface area contributed by atoms with Crippen molar-refractivity contribution >= 4 is 0 Å². The Morgan fingerprint density at radius 1 is 0.690 bits per heavy atom. The van der Waals surface area contributed by atoms with Crippen molar-refractivity contribution in [2.24, 2.45) is 0 Å². The standard InChI is InChI=1S/C24H17N3O2/c1-2-16-29-19-14-12-18(13-15-19)23-25-22(17-8-4-3-5-9-17)26-24(27-23)20-10-6-7-11-21(20)28/h3-15,28H,1H3. The van der Waals surface area contributed by atoms with Gasteiger partial charge in [0.2, 0.25) is 0 Å². The van der Waals surface area contributed by atoms with E-state index in [-0.39, 0.29) is 5.75 Å². The summed E-state index contributed by atoms with van der Waals surface area (Å²) in [5, 5.41) is 10.3. The topological polar surface area (TPSA) is 68.1 Å². The van der Waals surface area contributed by atoms with E-state index in [1.54, 1.807) is 25.1 Å². The molecule has 0 aliphatic heterocycles. The molecule has 4 rings (SSSR count). The van der Waals surface area contributed by atoms with Crippen LogP contribution in [-0.4, -0.2) is 20.1 Å². The number of benzene rings is 3. The third-order valence-corrected chi connectivity index (χ3v) is 4.20. The Labute approximate surface area is 168 Å². The van der Waals surface area contributed by atoms with Gasteiger partial charge >= 0.3 is 0 Å². The fourth-order valence-corrected chi connectivity index (χ4v) is 2.79. The minimum Gasteiger partial charge on any atom is -0.507 e. The van der Waals surface area contributed by atoms with Gasteiger partial charge in [0.1, 0.15) is 17.6 Å². The molecule has 0 radical (unpaired) electrons. The van der Waals surface area contributed by atoms with Gasteiger partial charge in [-0.2, -0.15) is 0 Å². The molecule has 0 saturated heterocycles. The van der Waals surface area contributed by atoms with E-state index in [4.69, 9.17) is 4.74 Å². The quantitative estimate of drug-likeness (QED) is 0.509. The molecule has 0 aliphatic rings. The fraction of sp³-hybridized carbons (Fsp3) is 0.0417. The first-order valence-corrected chi connectivity index (χ1v) is 9.03. The molecule has 0 saturated carbocycles. The molecule has 4 aromatic rings. The highest BCUT2D eigenvalue weighted by Crippen LogP contribution is 2.29. The number of aromatic nitrogens is 3. The molecule has 29 heavy (non-hydrogen) atoms. The summed E-state index contributed by atoms with van der Waals surface area (Å²) in [5.41, 5.74) is 2.22. The van der Waals surface area contributed by atoms with Gasteiger partial charge in [0.05, 0.1) is 5.56 Å². The molecule has 5 nitrogen and oxygen atoms in total. The fourth-order valence-electron chi connectivity index (χ4n) is 2.79. The Morgan fingerprint density at radius 2 is 1.28 bits per heavy atom. The van der Waals surface area contributed by atoms with E-state index in [0.29, 0.717) is 28.8 Å². The smallest absolute Gasteiger partial charge is 0.167 e. The summed E-state index contributed by atoms with van der Waals surface area (Å²) in [6, 6.07) is 24.0. The van der Waals surface area contributed by atoms with Crippen molar-refractivity contribution in [1.82, 2.24) is 15.0 Å². The Hall–Kier alpha value is -4.17. The molecule has 1 aromatic heterocycles. The van der Waals surface area contributed by atoms with E-state index in [1.807, 2.05) is 60.7 Å². The first-order valence-electron chi connectivity index (χ1n) is 9.03. The largest absolute Gasteiger partial charge is 0.507 e. The van der Waals surface area contributed by atoms with Crippen LogP contribution in [0.15, 0.2) is 78.9 Å². The summed E-state index contributed by atoms with van der Waals surface area (Å²) in [7, 11) is 0. The van der Waals surface area contributed by atoms with E-state index < -0.39 is 0 Å². The molecule has 5 heteroatoms. The minimum absolute atomic E-state index is 0.116. The molecule has 0 aliphatic carbocycles.